The van der Waals surface area contributed by atoms with Gasteiger partial charge in [0.2, 0.25) is 0 Å². The molecule has 3 N–H and O–H groups in total. The van der Waals surface area contributed by atoms with Crippen LogP contribution in [0.3, 0.4) is 0 Å². The van der Waals surface area contributed by atoms with Gasteiger partial charge in [0.1, 0.15) is 5.82 Å². The number of pyridine rings is 2. The summed E-state index contributed by atoms with van der Waals surface area (Å²) in [5, 5.41) is 3.23. The molecule has 0 aliphatic heterocycles. The molecule has 17 heavy (non-hydrogen) atoms. The largest absolute Gasteiger partial charge is 0.396 e. The fourth-order valence-electron chi connectivity index (χ4n) is 1.61. The summed E-state index contributed by atoms with van der Waals surface area (Å²) >= 11 is 0. The lowest BCUT2D eigenvalue weighted by Crippen LogP contribution is -2.08. The van der Waals surface area contributed by atoms with Crippen LogP contribution in [-0.2, 0) is 6.42 Å². The smallest absolute Gasteiger partial charge is 0.149 e. The second kappa shape index (κ2) is 5.30. The Labute approximate surface area is 101 Å². The highest BCUT2D eigenvalue weighted by atomic mass is 15.0. The quantitative estimate of drug-likeness (QED) is 0.840. The number of anilines is 2. The molecule has 0 atom stereocenters. The van der Waals surface area contributed by atoms with E-state index in [1.807, 2.05) is 31.3 Å². The van der Waals surface area contributed by atoms with Crippen molar-refractivity contribution in [2.45, 2.75) is 13.3 Å². The Morgan fingerprint density at radius 2 is 2.06 bits per heavy atom. The summed E-state index contributed by atoms with van der Waals surface area (Å²) in [7, 11) is 0. The molecule has 0 amide bonds. The van der Waals surface area contributed by atoms with Crippen LogP contribution in [0.2, 0.25) is 0 Å². The van der Waals surface area contributed by atoms with E-state index in [0.29, 0.717) is 5.69 Å². The number of nitrogens with zero attached hydrogens (tertiary/aromatic N) is 2. The summed E-state index contributed by atoms with van der Waals surface area (Å²) < 4.78 is 0. The maximum atomic E-state index is 5.87. The minimum absolute atomic E-state index is 0.694. The van der Waals surface area contributed by atoms with Crippen LogP contribution in [0.4, 0.5) is 11.5 Å². The van der Waals surface area contributed by atoms with E-state index in [0.717, 1.165) is 24.3 Å². The predicted molar refractivity (Wildman–Crippen MR) is 69.8 cm³/mol. The summed E-state index contributed by atoms with van der Waals surface area (Å²) in [6.45, 7) is 2.79. The first-order valence-corrected chi connectivity index (χ1v) is 5.60. The fourth-order valence-corrected chi connectivity index (χ4v) is 1.61. The van der Waals surface area contributed by atoms with Crippen molar-refractivity contribution in [1.82, 2.24) is 9.97 Å². The molecule has 0 aromatic carbocycles. The van der Waals surface area contributed by atoms with Gasteiger partial charge in [0.25, 0.3) is 0 Å². The van der Waals surface area contributed by atoms with Gasteiger partial charge in [0, 0.05) is 25.1 Å². The van der Waals surface area contributed by atoms with Crippen LogP contribution in [0.25, 0.3) is 0 Å². The Kier molecular flexibility index (Phi) is 3.55. The van der Waals surface area contributed by atoms with Gasteiger partial charge in [-0.1, -0.05) is 0 Å². The zero-order valence-corrected chi connectivity index (χ0v) is 9.85. The lowest BCUT2D eigenvalue weighted by molar-refractivity contribution is 1.000. The molecule has 0 aliphatic rings. The number of hydrogen-bond donors (Lipinski definition) is 2. The van der Waals surface area contributed by atoms with Gasteiger partial charge in [-0.25, -0.2) is 4.98 Å². The minimum Gasteiger partial charge on any atom is -0.396 e. The summed E-state index contributed by atoms with van der Waals surface area (Å²) in [6.07, 6.45) is 6.34. The first kappa shape index (κ1) is 11.4. The number of rotatable bonds is 4. The van der Waals surface area contributed by atoms with Crippen molar-refractivity contribution in [2.24, 2.45) is 0 Å². The highest BCUT2D eigenvalue weighted by Gasteiger charge is 2.00. The van der Waals surface area contributed by atoms with Crippen LogP contribution < -0.4 is 11.1 Å². The van der Waals surface area contributed by atoms with Crippen molar-refractivity contribution in [3.63, 3.8) is 0 Å². The Balaban J connectivity index is 1.90. The molecule has 4 nitrogen and oxygen atoms in total. The number of nitrogen functional groups attached to an aromatic ring is 1. The summed E-state index contributed by atoms with van der Waals surface area (Å²) in [4.78, 5) is 8.24. The predicted octanol–water partition coefficient (Wildman–Crippen LogP) is 2.02. The third-order valence-corrected chi connectivity index (χ3v) is 2.51. The van der Waals surface area contributed by atoms with Gasteiger partial charge in [-0.3, -0.25) is 4.98 Å². The number of aromatic nitrogens is 2. The lowest BCUT2D eigenvalue weighted by atomic mass is 10.2. The average molecular weight is 228 g/mol. The number of aryl methyl sites for hydroxylation is 1. The molecular weight excluding hydrogens is 212 g/mol. The van der Waals surface area contributed by atoms with Gasteiger partial charge >= 0.3 is 0 Å². The Morgan fingerprint density at radius 1 is 1.29 bits per heavy atom. The molecule has 0 aliphatic carbocycles. The van der Waals surface area contributed by atoms with Crippen molar-refractivity contribution in [3.8, 4) is 0 Å². The van der Waals surface area contributed by atoms with E-state index < -0.39 is 0 Å². The molecule has 88 valence electrons. The van der Waals surface area contributed by atoms with Crippen LogP contribution >= 0.6 is 0 Å². The third-order valence-electron chi connectivity index (χ3n) is 2.51. The van der Waals surface area contributed by atoms with Crippen LogP contribution in [0.1, 0.15) is 11.1 Å². The molecule has 2 aromatic rings. The van der Waals surface area contributed by atoms with E-state index in [4.69, 9.17) is 5.73 Å². The van der Waals surface area contributed by atoms with E-state index in [-0.39, 0.29) is 0 Å². The molecule has 0 spiro atoms. The van der Waals surface area contributed by atoms with Crippen LogP contribution in [0.15, 0.2) is 36.8 Å². The maximum Gasteiger partial charge on any atom is 0.149 e. The van der Waals surface area contributed by atoms with Gasteiger partial charge in [0.15, 0.2) is 0 Å². The second-order valence-corrected chi connectivity index (χ2v) is 3.98. The lowest BCUT2D eigenvalue weighted by Gasteiger charge is -2.08. The first-order valence-electron chi connectivity index (χ1n) is 5.60. The molecule has 2 rings (SSSR count). The molecule has 0 saturated heterocycles. The fraction of sp³-hybridized carbons (Fsp3) is 0.231. The van der Waals surface area contributed by atoms with Crippen LogP contribution in [-0.4, -0.2) is 16.5 Å². The van der Waals surface area contributed by atoms with Crippen molar-refractivity contribution < 1.29 is 0 Å². The Morgan fingerprint density at radius 3 is 2.76 bits per heavy atom. The molecule has 2 aromatic heterocycles. The summed E-state index contributed by atoms with van der Waals surface area (Å²) in [6, 6.07) is 5.93. The summed E-state index contributed by atoms with van der Waals surface area (Å²) in [5.74, 6) is 0.754. The molecule has 0 bridgehead atoms. The zero-order valence-electron chi connectivity index (χ0n) is 9.85. The first-order chi connectivity index (χ1) is 8.25. The van der Waals surface area contributed by atoms with E-state index in [9.17, 15) is 0 Å². The molecular formula is C13H16N4. The van der Waals surface area contributed by atoms with Gasteiger partial charge in [-0.2, -0.15) is 0 Å². The SMILES string of the molecule is Cc1cnc(NCCc2ccncc2)c(N)c1. The van der Waals surface area contributed by atoms with Gasteiger partial charge < -0.3 is 11.1 Å². The molecule has 0 fully saturated rings. The van der Waals surface area contributed by atoms with Crippen molar-refractivity contribution in [3.05, 3.63) is 47.9 Å². The summed E-state index contributed by atoms with van der Waals surface area (Å²) in [5.41, 5.74) is 8.88. The topological polar surface area (TPSA) is 63.8 Å². The molecule has 0 saturated carbocycles. The van der Waals surface area contributed by atoms with E-state index >= 15 is 0 Å². The van der Waals surface area contributed by atoms with Gasteiger partial charge in [-0.05, 0) is 42.7 Å². The monoisotopic (exact) mass is 228 g/mol. The number of hydrogen-bond acceptors (Lipinski definition) is 4. The maximum absolute atomic E-state index is 5.87. The molecule has 0 unspecified atom stereocenters. The average Bonchev–Trinajstić information content (AvgIpc) is 2.33. The molecule has 4 heteroatoms. The Bertz CT molecular complexity index is 482. The highest BCUT2D eigenvalue weighted by Crippen LogP contribution is 2.15. The number of nitrogens with two attached hydrogens (primary N) is 1. The number of nitrogens with one attached hydrogen (secondary N) is 1. The van der Waals surface area contributed by atoms with E-state index in [1.54, 1.807) is 12.4 Å². The van der Waals surface area contributed by atoms with Crippen molar-refractivity contribution in [2.75, 3.05) is 17.6 Å². The Hall–Kier alpha value is -2.10. The normalized spacial score (nSPS) is 10.2. The van der Waals surface area contributed by atoms with Crippen LogP contribution in [0.5, 0.6) is 0 Å². The minimum atomic E-state index is 0.694. The van der Waals surface area contributed by atoms with Gasteiger partial charge in [0.05, 0.1) is 5.69 Å². The van der Waals surface area contributed by atoms with E-state index in [2.05, 4.69) is 15.3 Å². The second-order valence-electron chi connectivity index (χ2n) is 3.98. The van der Waals surface area contributed by atoms with Crippen molar-refractivity contribution >= 4 is 11.5 Å². The molecule has 2 heterocycles. The van der Waals surface area contributed by atoms with E-state index in [1.165, 1.54) is 5.56 Å². The highest BCUT2D eigenvalue weighted by molar-refractivity contribution is 5.61. The molecule has 0 radical (unpaired) electrons. The van der Waals surface area contributed by atoms with Gasteiger partial charge in [-0.15, -0.1) is 0 Å². The van der Waals surface area contributed by atoms with Crippen molar-refractivity contribution in [1.29, 1.82) is 0 Å². The zero-order chi connectivity index (χ0) is 12.1. The third kappa shape index (κ3) is 3.17. The standard InChI is InChI=1S/C13H16N4/c1-10-8-12(14)13(17-9-10)16-7-4-11-2-5-15-6-3-11/h2-3,5-6,8-9H,4,7,14H2,1H3,(H,16,17). The van der Waals surface area contributed by atoms with Crippen LogP contribution in [0, 0.1) is 6.92 Å².